The number of carbonyl (C=O) groups excluding carboxylic acids is 1. The molecule has 0 aliphatic rings. The molecule has 1 amide bonds. The van der Waals surface area contributed by atoms with Crippen LogP contribution in [0.4, 0.5) is 0 Å². The highest BCUT2D eigenvalue weighted by Crippen LogP contribution is 2.21. The van der Waals surface area contributed by atoms with E-state index in [4.69, 9.17) is 11.2 Å². The summed E-state index contributed by atoms with van der Waals surface area (Å²) in [6.07, 6.45) is 5.98. The SMILES string of the molecule is C#CCOc1ccc(C(=O)NC(C)C(C)C)cc1CC. The predicted octanol–water partition coefficient (Wildman–Crippen LogP) is 3.04. The van der Waals surface area contributed by atoms with Crippen LogP contribution in [0.15, 0.2) is 18.2 Å². The normalized spacial score (nSPS) is 11.8. The molecule has 1 rings (SSSR count). The molecular formula is C17H23NO2. The largest absolute Gasteiger partial charge is 0.481 e. The van der Waals surface area contributed by atoms with E-state index in [1.165, 1.54) is 0 Å². The zero-order chi connectivity index (χ0) is 15.1. The fraction of sp³-hybridized carbons (Fsp3) is 0.471. The monoisotopic (exact) mass is 273 g/mol. The van der Waals surface area contributed by atoms with Crippen molar-refractivity contribution < 1.29 is 9.53 Å². The minimum atomic E-state index is -0.0515. The molecule has 0 fully saturated rings. The van der Waals surface area contributed by atoms with Crippen LogP contribution in [0.2, 0.25) is 0 Å². The lowest BCUT2D eigenvalue weighted by Crippen LogP contribution is -2.36. The van der Waals surface area contributed by atoms with E-state index >= 15 is 0 Å². The lowest BCUT2D eigenvalue weighted by Gasteiger charge is -2.18. The number of benzene rings is 1. The fourth-order valence-electron chi connectivity index (χ4n) is 1.71. The molecule has 20 heavy (non-hydrogen) atoms. The molecular weight excluding hydrogens is 250 g/mol. The highest BCUT2D eigenvalue weighted by atomic mass is 16.5. The molecule has 108 valence electrons. The van der Waals surface area contributed by atoms with E-state index in [1.54, 1.807) is 6.07 Å². The lowest BCUT2D eigenvalue weighted by atomic mass is 10.0. The van der Waals surface area contributed by atoms with E-state index in [-0.39, 0.29) is 18.6 Å². The maximum absolute atomic E-state index is 12.2. The molecule has 0 spiro atoms. The number of carbonyl (C=O) groups is 1. The molecule has 1 unspecified atom stereocenters. The molecule has 1 aromatic rings. The Kier molecular flexibility index (Phi) is 6.11. The van der Waals surface area contributed by atoms with Gasteiger partial charge in [-0.05, 0) is 43.0 Å². The van der Waals surface area contributed by atoms with Gasteiger partial charge in [0, 0.05) is 11.6 Å². The molecule has 3 heteroatoms. The smallest absolute Gasteiger partial charge is 0.251 e. The van der Waals surface area contributed by atoms with Gasteiger partial charge >= 0.3 is 0 Å². The van der Waals surface area contributed by atoms with Crippen molar-refractivity contribution in [1.82, 2.24) is 5.32 Å². The van der Waals surface area contributed by atoms with E-state index in [0.717, 1.165) is 17.7 Å². The van der Waals surface area contributed by atoms with Crippen LogP contribution in [-0.2, 0) is 6.42 Å². The molecule has 0 bridgehead atoms. The van der Waals surface area contributed by atoms with E-state index in [2.05, 4.69) is 25.1 Å². The number of rotatable bonds is 6. The van der Waals surface area contributed by atoms with E-state index < -0.39 is 0 Å². The van der Waals surface area contributed by atoms with E-state index in [1.807, 2.05) is 26.0 Å². The third-order valence-electron chi connectivity index (χ3n) is 3.37. The summed E-state index contributed by atoms with van der Waals surface area (Å²) in [5.74, 6) is 3.54. The molecule has 0 aliphatic carbocycles. The lowest BCUT2D eigenvalue weighted by molar-refractivity contribution is 0.0930. The molecule has 1 aromatic carbocycles. The molecule has 0 radical (unpaired) electrons. The fourth-order valence-corrected chi connectivity index (χ4v) is 1.71. The second-order valence-electron chi connectivity index (χ2n) is 5.18. The maximum Gasteiger partial charge on any atom is 0.251 e. The van der Waals surface area contributed by atoms with Crippen LogP contribution in [0, 0.1) is 18.3 Å². The van der Waals surface area contributed by atoms with Crippen LogP contribution >= 0.6 is 0 Å². The minimum absolute atomic E-state index is 0.0515. The Balaban J connectivity index is 2.87. The van der Waals surface area contributed by atoms with Crippen molar-refractivity contribution in [1.29, 1.82) is 0 Å². The van der Waals surface area contributed by atoms with Gasteiger partial charge in [-0.3, -0.25) is 4.79 Å². The summed E-state index contributed by atoms with van der Waals surface area (Å²) in [6, 6.07) is 5.59. The summed E-state index contributed by atoms with van der Waals surface area (Å²) in [6.45, 7) is 8.44. The number of amides is 1. The van der Waals surface area contributed by atoms with Gasteiger partial charge in [0.25, 0.3) is 5.91 Å². The Bertz CT molecular complexity index is 500. The van der Waals surface area contributed by atoms with Gasteiger partial charge in [0.15, 0.2) is 0 Å². The number of hydrogen-bond acceptors (Lipinski definition) is 2. The average molecular weight is 273 g/mol. The molecule has 1 N–H and O–H groups in total. The Morgan fingerprint density at radius 1 is 1.40 bits per heavy atom. The highest BCUT2D eigenvalue weighted by molar-refractivity contribution is 5.94. The number of ether oxygens (including phenoxy) is 1. The van der Waals surface area contributed by atoms with E-state index in [0.29, 0.717) is 11.5 Å². The van der Waals surface area contributed by atoms with Crippen LogP contribution in [0.1, 0.15) is 43.6 Å². The third kappa shape index (κ3) is 4.31. The molecule has 3 nitrogen and oxygen atoms in total. The van der Waals surface area contributed by atoms with E-state index in [9.17, 15) is 4.79 Å². The molecule has 0 aromatic heterocycles. The third-order valence-corrected chi connectivity index (χ3v) is 3.37. The van der Waals surface area contributed by atoms with Crippen molar-refractivity contribution in [3.63, 3.8) is 0 Å². The van der Waals surface area contributed by atoms with Crippen molar-refractivity contribution >= 4 is 5.91 Å². The topological polar surface area (TPSA) is 38.3 Å². The molecule has 0 heterocycles. The van der Waals surface area contributed by atoms with Crippen molar-refractivity contribution in [2.45, 2.75) is 40.2 Å². The van der Waals surface area contributed by atoms with Gasteiger partial charge in [0.1, 0.15) is 12.4 Å². The van der Waals surface area contributed by atoms with Gasteiger partial charge in [-0.2, -0.15) is 0 Å². The first-order valence-electron chi connectivity index (χ1n) is 6.99. The summed E-state index contributed by atoms with van der Waals surface area (Å²) < 4.78 is 5.46. The quantitative estimate of drug-likeness (QED) is 0.809. The highest BCUT2D eigenvalue weighted by Gasteiger charge is 2.14. The van der Waals surface area contributed by atoms with Crippen molar-refractivity contribution in [3.8, 4) is 18.1 Å². The van der Waals surface area contributed by atoms with Gasteiger partial charge in [0.05, 0.1) is 0 Å². The van der Waals surface area contributed by atoms with Gasteiger partial charge in [-0.25, -0.2) is 0 Å². The standard InChI is InChI=1S/C17H23NO2/c1-6-10-20-16-9-8-15(11-14(16)7-2)17(19)18-13(5)12(3)4/h1,8-9,11-13H,7,10H2,2-5H3,(H,18,19). The number of aryl methyl sites for hydroxylation is 1. The number of nitrogens with one attached hydrogen (secondary N) is 1. The van der Waals surface area contributed by atoms with Crippen LogP contribution in [0.25, 0.3) is 0 Å². The van der Waals surface area contributed by atoms with Gasteiger partial charge in [-0.15, -0.1) is 6.42 Å². The summed E-state index contributed by atoms with van der Waals surface area (Å²) in [5.41, 5.74) is 1.65. The maximum atomic E-state index is 12.2. The second-order valence-corrected chi connectivity index (χ2v) is 5.18. The number of terminal acetylenes is 1. The molecule has 0 aliphatic heterocycles. The Morgan fingerprint density at radius 3 is 2.65 bits per heavy atom. The van der Waals surface area contributed by atoms with Gasteiger partial charge in [-0.1, -0.05) is 26.7 Å². The van der Waals surface area contributed by atoms with Crippen LogP contribution in [0.3, 0.4) is 0 Å². The molecule has 1 atom stereocenters. The van der Waals surface area contributed by atoms with Gasteiger partial charge in [0.2, 0.25) is 0 Å². The van der Waals surface area contributed by atoms with Crippen LogP contribution in [-0.4, -0.2) is 18.6 Å². The first-order valence-corrected chi connectivity index (χ1v) is 6.99. The van der Waals surface area contributed by atoms with Crippen molar-refractivity contribution in [2.75, 3.05) is 6.61 Å². The zero-order valence-corrected chi connectivity index (χ0v) is 12.7. The number of hydrogen-bond donors (Lipinski definition) is 1. The molecule has 0 saturated carbocycles. The Labute approximate surface area is 121 Å². The molecule has 0 saturated heterocycles. The van der Waals surface area contributed by atoms with Crippen molar-refractivity contribution in [3.05, 3.63) is 29.3 Å². The summed E-state index contributed by atoms with van der Waals surface area (Å²) >= 11 is 0. The minimum Gasteiger partial charge on any atom is -0.481 e. The Hall–Kier alpha value is -1.95. The zero-order valence-electron chi connectivity index (χ0n) is 12.7. The van der Waals surface area contributed by atoms with Crippen molar-refractivity contribution in [2.24, 2.45) is 5.92 Å². The summed E-state index contributed by atoms with van der Waals surface area (Å²) in [4.78, 5) is 12.2. The van der Waals surface area contributed by atoms with Gasteiger partial charge < -0.3 is 10.1 Å². The first-order chi connectivity index (χ1) is 9.49. The van der Waals surface area contributed by atoms with Crippen LogP contribution < -0.4 is 10.1 Å². The second kappa shape index (κ2) is 7.59. The first kappa shape index (κ1) is 16.1. The average Bonchev–Trinajstić information content (AvgIpc) is 2.44. The summed E-state index contributed by atoms with van der Waals surface area (Å²) in [5, 5.41) is 3.00. The Morgan fingerprint density at radius 2 is 2.10 bits per heavy atom. The predicted molar refractivity (Wildman–Crippen MR) is 81.9 cm³/mol. The summed E-state index contributed by atoms with van der Waals surface area (Å²) in [7, 11) is 0. The van der Waals surface area contributed by atoms with Crippen LogP contribution in [0.5, 0.6) is 5.75 Å².